The van der Waals surface area contributed by atoms with Crippen LogP contribution in [0.1, 0.15) is 57.9 Å². The number of hydrogen-bond donors (Lipinski definition) is 1. The number of nitrogens with zero attached hydrogens (tertiary/aromatic N) is 1. The monoisotopic (exact) mass is 464 g/mol. The average molecular weight is 465 g/mol. The molecule has 0 spiro atoms. The first-order valence-corrected chi connectivity index (χ1v) is 13.2. The van der Waals surface area contributed by atoms with Crippen LogP contribution in [-0.4, -0.2) is 43.0 Å². The maximum atomic E-state index is 12.5. The van der Waals surface area contributed by atoms with Crippen LogP contribution in [0.5, 0.6) is 0 Å². The van der Waals surface area contributed by atoms with Crippen LogP contribution >= 0.6 is 0 Å². The summed E-state index contributed by atoms with van der Waals surface area (Å²) >= 11 is 0. The Hall–Kier alpha value is -2.14. The molecule has 5 heteroatoms. The lowest BCUT2D eigenvalue weighted by Crippen LogP contribution is -2.59. The van der Waals surface area contributed by atoms with Crippen molar-refractivity contribution in [2.24, 2.45) is 34.5 Å². The summed E-state index contributed by atoms with van der Waals surface area (Å²) in [5, 5.41) is 3.19. The fourth-order valence-electron chi connectivity index (χ4n) is 8.31. The molecule has 184 valence electrons. The molecule has 0 aromatic heterocycles. The summed E-state index contributed by atoms with van der Waals surface area (Å²) in [6, 6.07) is 10.3. The van der Waals surface area contributed by atoms with Gasteiger partial charge in [-0.15, -0.1) is 0 Å². The molecule has 0 saturated heterocycles. The Balaban J connectivity index is 1.18. The standard InChI is InChI=1S/C29H40N2O3/c1-28-15-13-24-22(10-12-25-29(24,2)16-14-27(33)31(25)3)23(28)11-9-21(28)17-30-26(32)19-34-18-20-7-5-4-6-8-20/h4-8,14,16,21-25H,9-13,15,17-19H2,1-3H3,(H,30,32)/t21?,22-,23-,24+,25?,28+,29+/m0/s1. The number of benzene rings is 1. The van der Waals surface area contributed by atoms with Crippen LogP contribution < -0.4 is 5.32 Å². The van der Waals surface area contributed by atoms with Crippen LogP contribution in [0.2, 0.25) is 0 Å². The van der Waals surface area contributed by atoms with E-state index in [9.17, 15) is 9.59 Å². The molecular formula is C29H40N2O3. The summed E-state index contributed by atoms with van der Waals surface area (Å²) in [4.78, 5) is 26.7. The first-order valence-electron chi connectivity index (χ1n) is 13.2. The SMILES string of the molecule is CN1C(=O)C=C[C@@]2(C)C1CC[C@@H]1[C@H]2CC[C@]2(C)C(CNC(=O)COCc3ccccc3)CC[C@@H]12. The van der Waals surface area contributed by atoms with Crippen LogP contribution in [0, 0.1) is 34.5 Å². The van der Waals surface area contributed by atoms with Crippen LogP contribution in [0.15, 0.2) is 42.5 Å². The molecule has 2 amide bonds. The third kappa shape index (κ3) is 4.00. The largest absolute Gasteiger partial charge is 0.367 e. The Morgan fingerprint density at radius 2 is 1.88 bits per heavy atom. The minimum absolute atomic E-state index is 0.00951. The van der Waals surface area contributed by atoms with Gasteiger partial charge in [0.15, 0.2) is 0 Å². The molecule has 3 fully saturated rings. The highest BCUT2D eigenvalue weighted by Gasteiger charge is 2.60. The molecule has 1 aliphatic heterocycles. The second kappa shape index (κ2) is 9.14. The summed E-state index contributed by atoms with van der Waals surface area (Å²) < 4.78 is 5.63. The molecule has 3 aliphatic carbocycles. The topological polar surface area (TPSA) is 58.6 Å². The number of hydrogen-bond acceptors (Lipinski definition) is 3. The van der Waals surface area contributed by atoms with Gasteiger partial charge in [-0.25, -0.2) is 0 Å². The third-order valence-electron chi connectivity index (χ3n) is 10.2. The molecular weight excluding hydrogens is 424 g/mol. The Morgan fingerprint density at radius 1 is 1.09 bits per heavy atom. The molecule has 3 saturated carbocycles. The Bertz CT molecular complexity index is 946. The maximum absolute atomic E-state index is 12.5. The van der Waals surface area contributed by atoms with E-state index in [-0.39, 0.29) is 23.8 Å². The zero-order chi connectivity index (χ0) is 23.9. The van der Waals surface area contributed by atoms with E-state index in [1.54, 1.807) is 0 Å². The number of rotatable bonds is 6. The molecule has 7 atom stereocenters. The van der Waals surface area contributed by atoms with Crippen molar-refractivity contribution in [1.29, 1.82) is 0 Å². The minimum Gasteiger partial charge on any atom is -0.367 e. The van der Waals surface area contributed by atoms with Gasteiger partial charge in [-0.3, -0.25) is 9.59 Å². The number of carbonyl (C=O) groups is 2. The predicted octanol–water partition coefficient (Wildman–Crippen LogP) is 4.58. The molecule has 0 radical (unpaired) electrons. The molecule has 1 N–H and O–H groups in total. The van der Waals surface area contributed by atoms with E-state index in [2.05, 4.69) is 25.2 Å². The quantitative estimate of drug-likeness (QED) is 0.671. The van der Waals surface area contributed by atoms with Crippen molar-refractivity contribution in [3.63, 3.8) is 0 Å². The summed E-state index contributed by atoms with van der Waals surface area (Å²) in [6.07, 6.45) is 11.3. The normalized spacial score (nSPS) is 38.7. The number of ether oxygens (including phenoxy) is 1. The van der Waals surface area contributed by atoms with Crippen LogP contribution in [0.25, 0.3) is 0 Å². The van der Waals surface area contributed by atoms with E-state index in [0.717, 1.165) is 30.4 Å². The fraction of sp³-hybridized carbons (Fsp3) is 0.655. The predicted molar refractivity (Wildman–Crippen MR) is 133 cm³/mol. The number of likely N-dealkylation sites (N-methyl/N-ethyl adjacent to an activating group) is 1. The van der Waals surface area contributed by atoms with Crippen LogP contribution in [0.3, 0.4) is 0 Å². The van der Waals surface area contributed by atoms with Gasteiger partial charge in [0.2, 0.25) is 11.8 Å². The second-order valence-electron chi connectivity index (χ2n) is 11.7. The summed E-state index contributed by atoms with van der Waals surface area (Å²) in [6.45, 7) is 6.23. The van der Waals surface area contributed by atoms with Gasteiger partial charge >= 0.3 is 0 Å². The van der Waals surface area contributed by atoms with Gasteiger partial charge in [0.1, 0.15) is 6.61 Å². The van der Waals surface area contributed by atoms with Crippen LogP contribution in [-0.2, 0) is 20.9 Å². The minimum atomic E-state index is -0.00951. The zero-order valence-corrected chi connectivity index (χ0v) is 21.0. The lowest BCUT2D eigenvalue weighted by Gasteiger charge is -2.60. The van der Waals surface area contributed by atoms with Gasteiger partial charge in [-0.2, -0.15) is 0 Å². The number of nitrogens with one attached hydrogen (secondary N) is 1. The van der Waals surface area contributed by atoms with Crippen molar-refractivity contribution in [2.45, 2.75) is 65.0 Å². The van der Waals surface area contributed by atoms with Gasteiger partial charge in [0.25, 0.3) is 0 Å². The first kappa shape index (κ1) is 23.6. The van der Waals surface area contributed by atoms with E-state index < -0.39 is 0 Å². The number of amides is 2. The lowest BCUT2D eigenvalue weighted by molar-refractivity contribution is -0.139. The van der Waals surface area contributed by atoms with Gasteiger partial charge in [0.05, 0.1) is 6.61 Å². The Labute approximate surface area is 204 Å². The smallest absolute Gasteiger partial charge is 0.246 e. The second-order valence-corrected chi connectivity index (χ2v) is 11.7. The molecule has 4 aliphatic rings. The van der Waals surface area contributed by atoms with E-state index >= 15 is 0 Å². The first-order chi connectivity index (χ1) is 16.3. The van der Waals surface area contributed by atoms with Crippen molar-refractivity contribution in [3.8, 4) is 0 Å². The van der Waals surface area contributed by atoms with Gasteiger partial charge < -0.3 is 15.0 Å². The highest BCUT2D eigenvalue weighted by Crippen LogP contribution is 2.65. The van der Waals surface area contributed by atoms with Gasteiger partial charge in [-0.05, 0) is 79.3 Å². The third-order valence-corrected chi connectivity index (χ3v) is 10.2. The molecule has 1 heterocycles. The molecule has 2 unspecified atom stereocenters. The van der Waals surface area contributed by atoms with Gasteiger partial charge in [0, 0.05) is 25.0 Å². The molecule has 34 heavy (non-hydrogen) atoms. The number of carbonyl (C=O) groups excluding carboxylic acids is 2. The maximum Gasteiger partial charge on any atom is 0.246 e. The van der Waals surface area contributed by atoms with E-state index in [1.807, 2.05) is 48.4 Å². The lowest BCUT2D eigenvalue weighted by atomic mass is 9.47. The summed E-state index contributed by atoms with van der Waals surface area (Å²) in [5.41, 5.74) is 1.47. The summed E-state index contributed by atoms with van der Waals surface area (Å²) in [5.74, 6) is 2.78. The van der Waals surface area contributed by atoms with Crippen molar-refractivity contribution >= 4 is 11.8 Å². The van der Waals surface area contributed by atoms with Crippen molar-refractivity contribution in [1.82, 2.24) is 10.2 Å². The van der Waals surface area contributed by atoms with Crippen molar-refractivity contribution in [2.75, 3.05) is 20.2 Å². The van der Waals surface area contributed by atoms with Crippen molar-refractivity contribution in [3.05, 3.63) is 48.0 Å². The zero-order valence-electron chi connectivity index (χ0n) is 21.0. The summed E-state index contributed by atoms with van der Waals surface area (Å²) in [7, 11) is 1.99. The number of fused-ring (bicyclic) bond motifs is 5. The molecule has 5 rings (SSSR count). The van der Waals surface area contributed by atoms with Gasteiger partial charge in [-0.1, -0.05) is 50.3 Å². The van der Waals surface area contributed by atoms with E-state index in [4.69, 9.17) is 4.74 Å². The highest BCUT2D eigenvalue weighted by molar-refractivity contribution is 5.89. The Kier molecular flexibility index (Phi) is 6.34. The Morgan fingerprint density at radius 3 is 2.68 bits per heavy atom. The molecule has 1 aromatic carbocycles. The molecule has 1 aromatic rings. The van der Waals surface area contributed by atoms with Crippen LogP contribution in [0.4, 0.5) is 0 Å². The highest BCUT2D eigenvalue weighted by atomic mass is 16.5. The van der Waals surface area contributed by atoms with E-state index in [1.165, 1.54) is 32.1 Å². The molecule has 5 nitrogen and oxygen atoms in total. The molecule has 0 bridgehead atoms. The van der Waals surface area contributed by atoms with Crippen molar-refractivity contribution < 1.29 is 14.3 Å². The average Bonchev–Trinajstić information content (AvgIpc) is 3.17. The fourth-order valence-corrected chi connectivity index (χ4v) is 8.31. The van der Waals surface area contributed by atoms with E-state index in [0.29, 0.717) is 29.9 Å².